The van der Waals surface area contributed by atoms with E-state index in [0.717, 1.165) is 12.1 Å². The summed E-state index contributed by atoms with van der Waals surface area (Å²) in [5.41, 5.74) is 0.748. The van der Waals surface area contributed by atoms with Crippen molar-refractivity contribution in [2.45, 2.75) is 12.5 Å². The summed E-state index contributed by atoms with van der Waals surface area (Å²) in [6.07, 6.45) is 2.36. The number of carbonyl (C=O) groups is 2. The lowest BCUT2D eigenvalue weighted by atomic mass is 10.3. The maximum absolute atomic E-state index is 12.7. The Hall–Kier alpha value is -2.80. The van der Waals surface area contributed by atoms with Gasteiger partial charge in [-0.25, -0.2) is 9.78 Å². The Labute approximate surface area is 168 Å². The van der Waals surface area contributed by atoms with Crippen LogP contribution >= 0.6 is 11.6 Å². The van der Waals surface area contributed by atoms with Crippen molar-refractivity contribution < 1.29 is 14.3 Å². The van der Waals surface area contributed by atoms with Gasteiger partial charge in [-0.15, -0.1) is 0 Å². The second-order valence-electron chi connectivity index (χ2n) is 6.87. The standard InChI is InChI=1S/C20H21ClN4O3/c21-15-4-3-5-16(12-15)25-11-10-24(20(25)27)14-19(26)23-9-7-17(13-23)28-18-6-1-2-8-22-18/h1-6,8,12,17H,7,9-11,13-14H2. The van der Waals surface area contributed by atoms with Gasteiger partial charge in [0.1, 0.15) is 12.6 Å². The van der Waals surface area contributed by atoms with Crippen LogP contribution in [0.2, 0.25) is 5.02 Å². The van der Waals surface area contributed by atoms with Gasteiger partial charge in [0.15, 0.2) is 0 Å². The Morgan fingerprint density at radius 3 is 2.86 bits per heavy atom. The maximum Gasteiger partial charge on any atom is 0.325 e. The van der Waals surface area contributed by atoms with Gasteiger partial charge in [0, 0.05) is 49.0 Å². The highest BCUT2D eigenvalue weighted by Gasteiger charge is 2.34. The number of benzene rings is 1. The fourth-order valence-corrected chi connectivity index (χ4v) is 3.70. The van der Waals surface area contributed by atoms with Crippen LogP contribution in [-0.4, -0.2) is 65.5 Å². The minimum Gasteiger partial charge on any atom is -0.472 e. The molecule has 1 aromatic carbocycles. The highest BCUT2D eigenvalue weighted by molar-refractivity contribution is 6.30. The van der Waals surface area contributed by atoms with Crippen molar-refractivity contribution in [2.75, 3.05) is 37.6 Å². The van der Waals surface area contributed by atoms with Gasteiger partial charge in [0.25, 0.3) is 0 Å². The third kappa shape index (κ3) is 4.04. The van der Waals surface area contributed by atoms with Crippen LogP contribution in [0.5, 0.6) is 5.88 Å². The molecule has 28 heavy (non-hydrogen) atoms. The molecule has 0 N–H and O–H groups in total. The third-order valence-corrected chi connectivity index (χ3v) is 5.20. The normalized spacial score (nSPS) is 19.4. The Balaban J connectivity index is 1.31. The molecule has 0 aliphatic carbocycles. The molecule has 3 amide bonds. The highest BCUT2D eigenvalue weighted by Crippen LogP contribution is 2.24. The van der Waals surface area contributed by atoms with E-state index in [4.69, 9.17) is 16.3 Å². The van der Waals surface area contributed by atoms with Gasteiger partial charge in [0.2, 0.25) is 11.8 Å². The van der Waals surface area contributed by atoms with E-state index >= 15 is 0 Å². The molecule has 1 unspecified atom stereocenters. The second kappa shape index (κ2) is 8.06. The van der Waals surface area contributed by atoms with Crippen molar-refractivity contribution >= 4 is 29.2 Å². The number of aromatic nitrogens is 1. The van der Waals surface area contributed by atoms with Crippen LogP contribution < -0.4 is 9.64 Å². The first-order valence-electron chi connectivity index (χ1n) is 9.27. The molecule has 2 aliphatic heterocycles. The van der Waals surface area contributed by atoms with Crippen LogP contribution in [0.4, 0.5) is 10.5 Å². The minimum atomic E-state index is -0.170. The van der Waals surface area contributed by atoms with E-state index in [-0.39, 0.29) is 24.6 Å². The molecule has 0 saturated carbocycles. The molecule has 0 radical (unpaired) electrons. The number of halogens is 1. The highest BCUT2D eigenvalue weighted by atomic mass is 35.5. The first kappa shape index (κ1) is 18.6. The summed E-state index contributed by atoms with van der Waals surface area (Å²) in [7, 11) is 0. The number of amides is 3. The van der Waals surface area contributed by atoms with E-state index in [9.17, 15) is 9.59 Å². The molecule has 4 rings (SSSR count). The average Bonchev–Trinajstić information content (AvgIpc) is 3.30. The summed E-state index contributed by atoms with van der Waals surface area (Å²) >= 11 is 6.02. The SMILES string of the molecule is O=C(CN1CCN(c2cccc(Cl)c2)C1=O)N1CCC(Oc2ccccn2)C1. The number of rotatable bonds is 5. The van der Waals surface area contributed by atoms with Crippen molar-refractivity contribution in [1.82, 2.24) is 14.8 Å². The fourth-order valence-electron chi connectivity index (χ4n) is 3.51. The molecule has 146 valence electrons. The largest absolute Gasteiger partial charge is 0.472 e. The lowest BCUT2D eigenvalue weighted by Gasteiger charge is -2.22. The number of anilines is 1. The van der Waals surface area contributed by atoms with Gasteiger partial charge >= 0.3 is 6.03 Å². The lowest BCUT2D eigenvalue weighted by molar-refractivity contribution is -0.130. The Bertz CT molecular complexity index is 864. The number of hydrogen-bond acceptors (Lipinski definition) is 4. The smallest absolute Gasteiger partial charge is 0.325 e. The number of nitrogens with zero attached hydrogens (tertiary/aromatic N) is 4. The number of hydrogen-bond donors (Lipinski definition) is 0. The topological polar surface area (TPSA) is 66.0 Å². The van der Waals surface area contributed by atoms with E-state index in [1.807, 2.05) is 24.3 Å². The van der Waals surface area contributed by atoms with Gasteiger partial charge in [-0.2, -0.15) is 0 Å². The van der Waals surface area contributed by atoms with Gasteiger partial charge in [-0.05, 0) is 24.3 Å². The van der Waals surface area contributed by atoms with Crippen molar-refractivity contribution in [1.29, 1.82) is 0 Å². The molecular formula is C20H21ClN4O3. The van der Waals surface area contributed by atoms with Crippen LogP contribution in [0.15, 0.2) is 48.7 Å². The summed E-state index contributed by atoms with van der Waals surface area (Å²) in [6.45, 7) is 2.26. The summed E-state index contributed by atoms with van der Waals surface area (Å²) in [4.78, 5) is 34.5. The quantitative estimate of drug-likeness (QED) is 0.774. The fraction of sp³-hybridized carbons (Fsp3) is 0.350. The summed E-state index contributed by atoms with van der Waals surface area (Å²) < 4.78 is 5.83. The molecule has 8 heteroatoms. The number of ether oxygens (including phenoxy) is 1. The molecule has 2 aliphatic rings. The monoisotopic (exact) mass is 400 g/mol. The maximum atomic E-state index is 12.7. The molecular weight excluding hydrogens is 380 g/mol. The predicted molar refractivity (Wildman–Crippen MR) is 106 cm³/mol. The van der Waals surface area contributed by atoms with E-state index in [0.29, 0.717) is 37.1 Å². The molecule has 1 atom stereocenters. The molecule has 0 bridgehead atoms. The van der Waals surface area contributed by atoms with Crippen molar-refractivity contribution in [2.24, 2.45) is 0 Å². The lowest BCUT2D eigenvalue weighted by Crippen LogP contribution is -2.42. The molecule has 2 aromatic rings. The first-order chi connectivity index (χ1) is 13.6. The zero-order valence-corrected chi connectivity index (χ0v) is 16.1. The predicted octanol–water partition coefficient (Wildman–Crippen LogP) is 2.66. The Morgan fingerprint density at radius 1 is 1.18 bits per heavy atom. The third-order valence-electron chi connectivity index (χ3n) is 4.96. The van der Waals surface area contributed by atoms with Crippen molar-refractivity contribution in [3.8, 4) is 5.88 Å². The van der Waals surface area contributed by atoms with Crippen molar-refractivity contribution in [3.63, 3.8) is 0 Å². The second-order valence-corrected chi connectivity index (χ2v) is 7.31. The van der Waals surface area contributed by atoms with Gasteiger partial charge in [-0.1, -0.05) is 23.7 Å². The molecule has 2 fully saturated rings. The summed E-state index contributed by atoms with van der Waals surface area (Å²) in [5.74, 6) is 0.502. The minimum absolute atomic E-state index is 0.0617. The number of carbonyl (C=O) groups excluding carboxylic acids is 2. The number of urea groups is 1. The molecule has 1 aromatic heterocycles. The van der Waals surface area contributed by atoms with Crippen LogP contribution in [0, 0.1) is 0 Å². The first-order valence-corrected chi connectivity index (χ1v) is 9.65. The zero-order chi connectivity index (χ0) is 19.5. The van der Waals surface area contributed by atoms with Crippen LogP contribution in [0.3, 0.4) is 0 Å². The van der Waals surface area contributed by atoms with Crippen molar-refractivity contribution in [3.05, 3.63) is 53.7 Å². The van der Waals surface area contributed by atoms with Crippen LogP contribution in [-0.2, 0) is 4.79 Å². The summed E-state index contributed by atoms with van der Waals surface area (Å²) in [6, 6.07) is 12.5. The molecule has 3 heterocycles. The van der Waals surface area contributed by atoms with E-state index < -0.39 is 0 Å². The molecule has 0 spiro atoms. The van der Waals surface area contributed by atoms with Crippen LogP contribution in [0.1, 0.15) is 6.42 Å². The number of likely N-dealkylation sites (tertiary alicyclic amines) is 1. The number of pyridine rings is 1. The molecule has 7 nitrogen and oxygen atoms in total. The van der Waals surface area contributed by atoms with E-state index in [2.05, 4.69) is 4.98 Å². The Morgan fingerprint density at radius 2 is 2.07 bits per heavy atom. The zero-order valence-electron chi connectivity index (χ0n) is 15.3. The molecule has 2 saturated heterocycles. The van der Waals surface area contributed by atoms with E-state index in [1.165, 1.54) is 0 Å². The van der Waals surface area contributed by atoms with E-state index in [1.54, 1.807) is 39.1 Å². The Kier molecular flexibility index (Phi) is 5.34. The van der Waals surface area contributed by atoms with Gasteiger partial charge < -0.3 is 14.5 Å². The van der Waals surface area contributed by atoms with Crippen LogP contribution in [0.25, 0.3) is 0 Å². The average molecular weight is 401 g/mol. The summed E-state index contributed by atoms with van der Waals surface area (Å²) in [5, 5.41) is 0.579. The van der Waals surface area contributed by atoms with Gasteiger partial charge in [0.05, 0.1) is 6.54 Å². The van der Waals surface area contributed by atoms with Gasteiger partial charge in [-0.3, -0.25) is 9.69 Å².